The maximum Gasteiger partial charge on any atom is 0.165 e. The molecule has 112 valence electrons. The molecular weight excluding hydrogens is 255 g/mol. The van der Waals surface area contributed by atoms with E-state index in [9.17, 15) is 9.50 Å². The van der Waals surface area contributed by atoms with E-state index in [4.69, 9.17) is 5.73 Å². The Kier molecular flexibility index (Phi) is 5.38. The molecule has 0 bridgehead atoms. The fourth-order valence-corrected chi connectivity index (χ4v) is 3.03. The summed E-state index contributed by atoms with van der Waals surface area (Å²) in [6.07, 6.45) is 5.50. The van der Waals surface area contributed by atoms with Crippen LogP contribution in [0.3, 0.4) is 0 Å². The summed E-state index contributed by atoms with van der Waals surface area (Å²) in [4.78, 5) is 2.43. The monoisotopic (exact) mass is 280 g/mol. The molecule has 4 heteroatoms. The minimum absolute atomic E-state index is 0.278. The van der Waals surface area contributed by atoms with Gasteiger partial charge in [-0.15, -0.1) is 0 Å². The van der Waals surface area contributed by atoms with E-state index >= 15 is 0 Å². The molecule has 1 aliphatic rings. The fourth-order valence-electron chi connectivity index (χ4n) is 3.03. The first kappa shape index (κ1) is 15.3. The maximum absolute atomic E-state index is 13.4. The van der Waals surface area contributed by atoms with E-state index in [1.807, 2.05) is 0 Å². The van der Waals surface area contributed by atoms with Gasteiger partial charge in [-0.05, 0) is 56.3 Å². The topological polar surface area (TPSA) is 49.5 Å². The summed E-state index contributed by atoms with van der Waals surface area (Å²) < 4.78 is 13.4. The Morgan fingerprint density at radius 1 is 1.30 bits per heavy atom. The molecule has 0 spiro atoms. The molecule has 0 aromatic heterocycles. The van der Waals surface area contributed by atoms with Crippen molar-refractivity contribution >= 4 is 0 Å². The normalized spacial score (nSPS) is 23.2. The molecular formula is C16H25FN2O. The van der Waals surface area contributed by atoms with Crippen molar-refractivity contribution in [1.29, 1.82) is 0 Å². The third-order valence-corrected chi connectivity index (χ3v) is 4.17. The maximum atomic E-state index is 13.4. The number of phenols is 1. The highest BCUT2D eigenvalue weighted by molar-refractivity contribution is 5.28. The number of nitrogens with two attached hydrogens (primary N) is 1. The van der Waals surface area contributed by atoms with Gasteiger partial charge in [-0.25, -0.2) is 4.39 Å². The highest BCUT2D eigenvalue weighted by atomic mass is 19.1. The molecule has 1 saturated carbocycles. The van der Waals surface area contributed by atoms with Gasteiger partial charge in [0.05, 0.1) is 0 Å². The molecule has 2 rings (SSSR count). The first-order valence-corrected chi connectivity index (χ1v) is 7.57. The molecule has 0 radical (unpaired) electrons. The first-order valence-electron chi connectivity index (χ1n) is 7.57. The zero-order chi connectivity index (χ0) is 14.5. The summed E-state index contributed by atoms with van der Waals surface area (Å²) in [5.41, 5.74) is 6.88. The third-order valence-electron chi connectivity index (χ3n) is 4.17. The molecule has 3 N–H and O–H groups in total. The van der Waals surface area contributed by atoms with Crippen molar-refractivity contribution in [2.24, 2.45) is 5.73 Å². The summed E-state index contributed by atoms with van der Waals surface area (Å²) in [7, 11) is 0. The Bertz CT molecular complexity index is 430. The minimum Gasteiger partial charge on any atom is -0.505 e. The van der Waals surface area contributed by atoms with Gasteiger partial charge >= 0.3 is 0 Å². The van der Waals surface area contributed by atoms with Gasteiger partial charge in [0.15, 0.2) is 11.6 Å². The standard InChI is InChI=1S/C16H25FN2O/c1-2-9-19(14-6-4-13(18)5-7-14)11-12-3-8-16(20)15(17)10-12/h3,8,10,13-14,20H,2,4-7,9,11,18H2,1H3. The summed E-state index contributed by atoms with van der Waals surface area (Å²) in [6.45, 7) is 3.92. The van der Waals surface area contributed by atoms with Crippen molar-refractivity contribution in [3.63, 3.8) is 0 Å². The van der Waals surface area contributed by atoms with Crippen LogP contribution in [-0.4, -0.2) is 28.6 Å². The van der Waals surface area contributed by atoms with Crippen LogP contribution in [0.4, 0.5) is 4.39 Å². The molecule has 1 aromatic carbocycles. The lowest BCUT2D eigenvalue weighted by molar-refractivity contribution is 0.142. The number of halogens is 1. The number of hydrogen-bond donors (Lipinski definition) is 2. The van der Waals surface area contributed by atoms with Crippen LogP contribution < -0.4 is 5.73 Å². The van der Waals surface area contributed by atoms with Gasteiger partial charge in [0.25, 0.3) is 0 Å². The molecule has 0 heterocycles. The van der Waals surface area contributed by atoms with Gasteiger partial charge in [0.1, 0.15) is 0 Å². The lowest BCUT2D eigenvalue weighted by atomic mass is 9.90. The second-order valence-electron chi connectivity index (χ2n) is 5.82. The van der Waals surface area contributed by atoms with Gasteiger partial charge in [-0.1, -0.05) is 13.0 Å². The second-order valence-corrected chi connectivity index (χ2v) is 5.82. The number of hydrogen-bond acceptors (Lipinski definition) is 3. The molecule has 0 saturated heterocycles. The average Bonchev–Trinajstić information content (AvgIpc) is 2.43. The van der Waals surface area contributed by atoms with E-state index in [0.717, 1.165) is 50.8 Å². The van der Waals surface area contributed by atoms with E-state index in [2.05, 4.69) is 11.8 Å². The van der Waals surface area contributed by atoms with Gasteiger partial charge in [0.2, 0.25) is 0 Å². The van der Waals surface area contributed by atoms with E-state index in [0.29, 0.717) is 12.1 Å². The van der Waals surface area contributed by atoms with E-state index in [-0.39, 0.29) is 5.75 Å². The Morgan fingerprint density at radius 2 is 2.00 bits per heavy atom. The lowest BCUT2D eigenvalue weighted by Crippen LogP contribution is -2.40. The number of rotatable bonds is 5. The van der Waals surface area contributed by atoms with Crippen molar-refractivity contribution in [2.75, 3.05) is 6.54 Å². The van der Waals surface area contributed by atoms with Crippen LogP contribution in [0.1, 0.15) is 44.6 Å². The Labute approximate surface area is 120 Å². The number of phenolic OH excluding ortho intramolecular Hbond substituents is 1. The zero-order valence-electron chi connectivity index (χ0n) is 12.2. The Hall–Kier alpha value is -1.13. The van der Waals surface area contributed by atoms with Gasteiger partial charge in [-0.3, -0.25) is 4.90 Å². The van der Waals surface area contributed by atoms with Gasteiger partial charge < -0.3 is 10.8 Å². The van der Waals surface area contributed by atoms with Crippen LogP contribution in [0.25, 0.3) is 0 Å². The first-order chi connectivity index (χ1) is 9.60. The van der Waals surface area contributed by atoms with Gasteiger partial charge in [-0.2, -0.15) is 0 Å². The summed E-state index contributed by atoms with van der Waals surface area (Å²) in [5.74, 6) is -0.816. The van der Waals surface area contributed by atoms with E-state index in [1.165, 1.54) is 12.1 Å². The molecule has 3 nitrogen and oxygen atoms in total. The molecule has 1 aromatic rings. The highest BCUT2D eigenvalue weighted by Gasteiger charge is 2.24. The van der Waals surface area contributed by atoms with Crippen LogP contribution in [0.15, 0.2) is 18.2 Å². The Morgan fingerprint density at radius 3 is 2.60 bits per heavy atom. The van der Waals surface area contributed by atoms with E-state index in [1.54, 1.807) is 6.07 Å². The van der Waals surface area contributed by atoms with Crippen molar-refractivity contribution in [3.05, 3.63) is 29.6 Å². The predicted octanol–water partition coefficient (Wildman–Crippen LogP) is 3.01. The van der Waals surface area contributed by atoms with Crippen LogP contribution in [0.5, 0.6) is 5.75 Å². The van der Waals surface area contributed by atoms with Crippen LogP contribution >= 0.6 is 0 Å². The molecule has 1 fully saturated rings. The molecule has 0 aliphatic heterocycles. The number of nitrogens with zero attached hydrogens (tertiary/aromatic N) is 1. The average molecular weight is 280 g/mol. The molecule has 0 atom stereocenters. The molecule has 1 aliphatic carbocycles. The minimum atomic E-state index is -0.537. The van der Waals surface area contributed by atoms with Crippen LogP contribution in [-0.2, 0) is 6.54 Å². The third kappa shape index (κ3) is 3.93. The molecule has 20 heavy (non-hydrogen) atoms. The predicted molar refractivity (Wildman–Crippen MR) is 79.0 cm³/mol. The smallest absolute Gasteiger partial charge is 0.165 e. The molecule has 0 amide bonds. The van der Waals surface area contributed by atoms with Crippen LogP contribution in [0.2, 0.25) is 0 Å². The zero-order valence-corrected chi connectivity index (χ0v) is 12.2. The van der Waals surface area contributed by atoms with E-state index < -0.39 is 5.82 Å². The largest absolute Gasteiger partial charge is 0.505 e. The summed E-state index contributed by atoms with van der Waals surface area (Å²) in [6, 6.07) is 5.57. The quantitative estimate of drug-likeness (QED) is 0.871. The van der Waals surface area contributed by atoms with Crippen molar-refractivity contribution in [3.8, 4) is 5.75 Å². The van der Waals surface area contributed by atoms with Crippen LogP contribution in [0, 0.1) is 5.82 Å². The fraction of sp³-hybridized carbons (Fsp3) is 0.625. The number of benzene rings is 1. The highest BCUT2D eigenvalue weighted by Crippen LogP contribution is 2.25. The molecule has 0 unspecified atom stereocenters. The van der Waals surface area contributed by atoms with Crippen molar-refractivity contribution in [1.82, 2.24) is 4.90 Å². The Balaban J connectivity index is 2.02. The van der Waals surface area contributed by atoms with Gasteiger partial charge in [0, 0.05) is 18.6 Å². The summed E-state index contributed by atoms with van der Waals surface area (Å²) >= 11 is 0. The lowest BCUT2D eigenvalue weighted by Gasteiger charge is -2.36. The second kappa shape index (κ2) is 7.04. The SMILES string of the molecule is CCCN(Cc1ccc(O)c(F)c1)C1CCC(N)CC1. The van der Waals surface area contributed by atoms with Crippen molar-refractivity contribution in [2.45, 2.75) is 57.7 Å². The summed E-state index contributed by atoms with van der Waals surface area (Å²) in [5, 5.41) is 9.26. The van der Waals surface area contributed by atoms with Crippen molar-refractivity contribution < 1.29 is 9.50 Å². The number of aromatic hydroxyl groups is 1.